The van der Waals surface area contributed by atoms with Crippen molar-refractivity contribution in [2.24, 2.45) is 5.92 Å². The normalized spacial score (nSPS) is 19.3. The summed E-state index contributed by atoms with van der Waals surface area (Å²) < 4.78 is 0. The first-order valence-electron chi connectivity index (χ1n) is 6.43. The Balaban J connectivity index is 2.32. The van der Waals surface area contributed by atoms with Gasteiger partial charge in [-0.1, -0.05) is 50.8 Å². The van der Waals surface area contributed by atoms with E-state index in [1.807, 2.05) is 0 Å². The first-order chi connectivity index (χ1) is 7.77. The molecule has 0 N–H and O–H groups in total. The monoisotopic (exact) mass is 242 g/mol. The molecule has 1 atom stereocenters. The van der Waals surface area contributed by atoms with E-state index in [1.54, 1.807) is 0 Å². The van der Waals surface area contributed by atoms with Crippen molar-refractivity contribution in [1.29, 1.82) is 0 Å². The van der Waals surface area contributed by atoms with Crippen molar-refractivity contribution in [3.05, 3.63) is 0 Å². The smallest absolute Gasteiger partial charge is 0.199 e. The molecule has 16 heavy (non-hydrogen) atoms. The van der Waals surface area contributed by atoms with Crippen molar-refractivity contribution in [1.82, 2.24) is 0 Å². The fraction of sp³-hybridized carbons (Fsp3) is 0.846. The minimum atomic E-state index is -0.355. The second-order valence-corrected chi connectivity index (χ2v) is 5.89. The van der Waals surface area contributed by atoms with E-state index in [-0.39, 0.29) is 11.0 Å². The van der Waals surface area contributed by atoms with Gasteiger partial charge < -0.3 is 4.79 Å². The first-order valence-corrected chi connectivity index (χ1v) is 7.31. The zero-order valence-electron chi connectivity index (χ0n) is 10.1. The number of carbonyl (C=O) groups is 2. The van der Waals surface area contributed by atoms with Gasteiger partial charge in [0.15, 0.2) is 5.12 Å². The number of aldehydes is 1. The van der Waals surface area contributed by atoms with Crippen molar-refractivity contribution in [2.75, 3.05) is 0 Å². The van der Waals surface area contributed by atoms with Crippen LogP contribution in [0.4, 0.5) is 0 Å². The molecule has 0 radical (unpaired) electrons. The Bertz CT molecular complexity index is 222. The predicted molar refractivity (Wildman–Crippen MR) is 68.6 cm³/mol. The molecule has 0 heterocycles. The van der Waals surface area contributed by atoms with Gasteiger partial charge in [0, 0.05) is 5.25 Å². The molecule has 0 bridgehead atoms. The number of rotatable bonds is 6. The first kappa shape index (κ1) is 13.8. The van der Waals surface area contributed by atoms with Crippen LogP contribution in [0.3, 0.4) is 0 Å². The summed E-state index contributed by atoms with van der Waals surface area (Å²) in [5.41, 5.74) is 0. The molecule has 1 unspecified atom stereocenters. The van der Waals surface area contributed by atoms with Gasteiger partial charge in [-0.2, -0.15) is 0 Å². The van der Waals surface area contributed by atoms with Gasteiger partial charge in [0.2, 0.25) is 0 Å². The molecule has 0 saturated heterocycles. The molecule has 0 amide bonds. The van der Waals surface area contributed by atoms with Gasteiger partial charge in [-0.3, -0.25) is 4.79 Å². The standard InChI is InChI=1S/C13H22O2S/c1-2-3-7-11(10-14)13(15)16-12-8-5-4-6-9-12/h10-12H,2-9H2,1H3. The van der Waals surface area contributed by atoms with Gasteiger partial charge in [0.05, 0.1) is 5.92 Å². The second-order valence-electron chi connectivity index (χ2n) is 4.58. The summed E-state index contributed by atoms with van der Waals surface area (Å²) in [5.74, 6) is -0.355. The van der Waals surface area contributed by atoms with Crippen molar-refractivity contribution in [3.63, 3.8) is 0 Å². The Morgan fingerprint density at radius 3 is 2.62 bits per heavy atom. The molecular weight excluding hydrogens is 220 g/mol. The lowest BCUT2D eigenvalue weighted by atomic mass is 10.0. The SMILES string of the molecule is CCCCC(C=O)C(=O)SC1CCCCC1. The Kier molecular flexibility index (Phi) is 6.78. The average molecular weight is 242 g/mol. The van der Waals surface area contributed by atoms with E-state index in [4.69, 9.17) is 0 Å². The maximum Gasteiger partial charge on any atom is 0.199 e. The van der Waals surface area contributed by atoms with Crippen molar-refractivity contribution in [3.8, 4) is 0 Å². The number of thioether (sulfide) groups is 1. The highest BCUT2D eigenvalue weighted by atomic mass is 32.2. The summed E-state index contributed by atoms with van der Waals surface area (Å²) in [6.07, 6.45) is 9.68. The minimum Gasteiger partial charge on any atom is -0.303 e. The molecule has 1 aliphatic carbocycles. The molecule has 0 aliphatic heterocycles. The molecule has 1 rings (SSSR count). The van der Waals surface area contributed by atoms with E-state index in [0.29, 0.717) is 5.25 Å². The van der Waals surface area contributed by atoms with Crippen LogP contribution < -0.4 is 0 Å². The maximum atomic E-state index is 11.9. The van der Waals surface area contributed by atoms with Crippen LogP contribution in [0.1, 0.15) is 58.3 Å². The summed E-state index contributed by atoms with van der Waals surface area (Å²) in [4.78, 5) is 22.7. The third-order valence-electron chi connectivity index (χ3n) is 3.17. The molecule has 0 aromatic carbocycles. The fourth-order valence-corrected chi connectivity index (χ4v) is 3.35. The highest BCUT2D eigenvalue weighted by Gasteiger charge is 2.23. The Labute approximate surface area is 103 Å². The Morgan fingerprint density at radius 1 is 1.38 bits per heavy atom. The zero-order valence-corrected chi connectivity index (χ0v) is 10.9. The molecule has 2 nitrogen and oxygen atoms in total. The number of unbranched alkanes of at least 4 members (excludes halogenated alkanes) is 1. The fourth-order valence-electron chi connectivity index (χ4n) is 2.10. The number of hydrogen-bond donors (Lipinski definition) is 0. The lowest BCUT2D eigenvalue weighted by molar-refractivity contribution is -0.121. The summed E-state index contributed by atoms with van der Waals surface area (Å²) in [6.45, 7) is 2.08. The van der Waals surface area contributed by atoms with Gasteiger partial charge in [-0.25, -0.2) is 0 Å². The van der Waals surface area contributed by atoms with Crippen LogP contribution in [-0.4, -0.2) is 16.7 Å². The molecule has 1 aliphatic rings. The van der Waals surface area contributed by atoms with Gasteiger partial charge >= 0.3 is 0 Å². The van der Waals surface area contributed by atoms with Crippen LogP contribution in [0, 0.1) is 5.92 Å². The van der Waals surface area contributed by atoms with Crippen LogP contribution in [0.2, 0.25) is 0 Å². The molecule has 3 heteroatoms. The topological polar surface area (TPSA) is 34.1 Å². The van der Waals surface area contributed by atoms with Gasteiger partial charge in [0.1, 0.15) is 6.29 Å². The highest BCUT2D eigenvalue weighted by molar-refractivity contribution is 8.14. The average Bonchev–Trinajstić information content (AvgIpc) is 2.31. The van der Waals surface area contributed by atoms with Crippen LogP contribution in [0.25, 0.3) is 0 Å². The van der Waals surface area contributed by atoms with Crippen LogP contribution >= 0.6 is 11.8 Å². The van der Waals surface area contributed by atoms with E-state index < -0.39 is 0 Å². The molecule has 0 aromatic heterocycles. The van der Waals surface area contributed by atoms with E-state index in [0.717, 1.165) is 38.4 Å². The van der Waals surface area contributed by atoms with Gasteiger partial charge in [0.25, 0.3) is 0 Å². The summed E-state index contributed by atoms with van der Waals surface area (Å²) in [5, 5.41) is 0.584. The van der Waals surface area contributed by atoms with Crippen molar-refractivity contribution < 1.29 is 9.59 Å². The van der Waals surface area contributed by atoms with Crippen LogP contribution in [0.15, 0.2) is 0 Å². The summed E-state index contributed by atoms with van der Waals surface area (Å²) in [6, 6.07) is 0. The summed E-state index contributed by atoms with van der Waals surface area (Å²) >= 11 is 1.43. The van der Waals surface area contributed by atoms with Gasteiger partial charge in [-0.15, -0.1) is 0 Å². The highest BCUT2D eigenvalue weighted by Crippen LogP contribution is 2.30. The maximum absolute atomic E-state index is 11.9. The van der Waals surface area contributed by atoms with Crippen LogP contribution in [0.5, 0.6) is 0 Å². The van der Waals surface area contributed by atoms with Gasteiger partial charge in [-0.05, 0) is 19.3 Å². The van der Waals surface area contributed by atoms with Crippen molar-refractivity contribution in [2.45, 2.75) is 63.5 Å². The van der Waals surface area contributed by atoms with Crippen molar-refractivity contribution >= 4 is 23.2 Å². The molecule has 0 spiro atoms. The molecular formula is C13H22O2S. The van der Waals surface area contributed by atoms with E-state index in [2.05, 4.69) is 6.92 Å². The van der Waals surface area contributed by atoms with E-state index in [1.165, 1.54) is 31.0 Å². The Morgan fingerprint density at radius 2 is 2.06 bits per heavy atom. The number of carbonyl (C=O) groups excluding carboxylic acids is 2. The zero-order chi connectivity index (χ0) is 11.8. The van der Waals surface area contributed by atoms with E-state index >= 15 is 0 Å². The Hall–Kier alpha value is -0.310. The van der Waals surface area contributed by atoms with Crippen LogP contribution in [-0.2, 0) is 9.59 Å². The minimum absolute atomic E-state index is 0.107. The number of hydrogen-bond acceptors (Lipinski definition) is 3. The molecule has 1 saturated carbocycles. The molecule has 0 aromatic rings. The largest absolute Gasteiger partial charge is 0.303 e. The predicted octanol–water partition coefficient (Wildman–Crippen LogP) is 3.58. The third kappa shape index (κ3) is 4.69. The summed E-state index contributed by atoms with van der Waals surface area (Å²) in [7, 11) is 0. The lowest BCUT2D eigenvalue weighted by Gasteiger charge is -2.21. The van der Waals surface area contributed by atoms with E-state index in [9.17, 15) is 9.59 Å². The third-order valence-corrected chi connectivity index (χ3v) is 4.51. The lowest BCUT2D eigenvalue weighted by Crippen LogP contribution is -2.18. The quantitative estimate of drug-likeness (QED) is 0.527. The second kappa shape index (κ2) is 7.88. The molecule has 1 fully saturated rings. The molecule has 92 valence electrons.